The van der Waals surface area contributed by atoms with E-state index in [0.29, 0.717) is 11.4 Å². The van der Waals surface area contributed by atoms with Crippen molar-refractivity contribution >= 4 is 33.6 Å². The molecule has 5 heteroatoms. The van der Waals surface area contributed by atoms with Crippen LogP contribution in [0.3, 0.4) is 0 Å². The number of hydrogen-bond acceptors (Lipinski definition) is 3. The molecule has 0 saturated heterocycles. The van der Waals surface area contributed by atoms with E-state index in [0.717, 1.165) is 10.0 Å². The second-order valence-electron chi connectivity index (χ2n) is 4.41. The van der Waals surface area contributed by atoms with Crippen molar-refractivity contribution in [3.05, 3.63) is 64.1 Å². The molecule has 110 valence electrons. The Bertz CT molecular complexity index is 746. The summed E-state index contributed by atoms with van der Waals surface area (Å²) < 4.78 is 5.94. The van der Waals surface area contributed by atoms with Crippen LogP contribution in [0.2, 0.25) is 0 Å². The van der Waals surface area contributed by atoms with Gasteiger partial charge >= 0.3 is 0 Å². The smallest absolute Gasteiger partial charge is 0.266 e. The number of nitriles is 1. The first-order valence-electron chi connectivity index (χ1n) is 6.45. The number of nitrogens with one attached hydrogen (secondary N) is 1. The van der Waals surface area contributed by atoms with E-state index in [1.165, 1.54) is 0 Å². The van der Waals surface area contributed by atoms with Crippen molar-refractivity contribution in [2.24, 2.45) is 0 Å². The highest BCUT2D eigenvalue weighted by atomic mass is 79.9. The Kier molecular flexibility index (Phi) is 5.34. The van der Waals surface area contributed by atoms with Crippen LogP contribution in [0, 0.1) is 11.3 Å². The number of ether oxygens (including phenoxy) is 1. The van der Waals surface area contributed by atoms with Crippen molar-refractivity contribution in [2.75, 3.05) is 12.4 Å². The van der Waals surface area contributed by atoms with Crippen molar-refractivity contribution in [1.29, 1.82) is 5.26 Å². The number of amides is 1. The zero-order chi connectivity index (χ0) is 15.9. The largest absolute Gasteiger partial charge is 0.497 e. The number of carbonyl (C=O) groups excluding carboxylic acids is 1. The van der Waals surface area contributed by atoms with Crippen molar-refractivity contribution in [3.8, 4) is 11.8 Å². The third-order valence-corrected chi connectivity index (χ3v) is 3.37. The maximum atomic E-state index is 12.1. The summed E-state index contributed by atoms with van der Waals surface area (Å²) in [6, 6.07) is 16.2. The number of rotatable bonds is 4. The fraction of sp³-hybridized carbons (Fsp3) is 0.0588. The van der Waals surface area contributed by atoms with Crippen LogP contribution in [0.1, 0.15) is 5.56 Å². The molecule has 0 aliphatic heterocycles. The second kappa shape index (κ2) is 7.43. The Morgan fingerprint density at radius 3 is 2.59 bits per heavy atom. The third-order valence-electron chi connectivity index (χ3n) is 2.87. The van der Waals surface area contributed by atoms with E-state index < -0.39 is 5.91 Å². The van der Waals surface area contributed by atoms with Crippen molar-refractivity contribution in [1.82, 2.24) is 0 Å². The molecule has 1 amide bonds. The average Bonchev–Trinajstić information content (AvgIpc) is 2.53. The van der Waals surface area contributed by atoms with Gasteiger partial charge in [-0.2, -0.15) is 5.26 Å². The van der Waals surface area contributed by atoms with Gasteiger partial charge in [0.15, 0.2) is 0 Å². The van der Waals surface area contributed by atoms with Gasteiger partial charge in [-0.05, 0) is 48.0 Å². The van der Waals surface area contributed by atoms with E-state index in [9.17, 15) is 10.1 Å². The Morgan fingerprint density at radius 2 is 2.00 bits per heavy atom. The van der Waals surface area contributed by atoms with E-state index in [1.807, 2.05) is 30.3 Å². The molecule has 0 unspecified atom stereocenters. The number of benzene rings is 2. The summed E-state index contributed by atoms with van der Waals surface area (Å²) in [6.45, 7) is 0. The molecule has 0 aliphatic carbocycles. The summed E-state index contributed by atoms with van der Waals surface area (Å²) in [4.78, 5) is 12.1. The minimum atomic E-state index is -0.451. The predicted molar refractivity (Wildman–Crippen MR) is 89.4 cm³/mol. The van der Waals surface area contributed by atoms with Gasteiger partial charge in [-0.3, -0.25) is 4.79 Å². The molecular weight excluding hydrogens is 344 g/mol. The lowest BCUT2D eigenvalue weighted by molar-refractivity contribution is -0.112. The molecule has 0 bridgehead atoms. The van der Waals surface area contributed by atoms with Gasteiger partial charge in [-0.1, -0.05) is 28.1 Å². The molecule has 0 aromatic heterocycles. The zero-order valence-electron chi connectivity index (χ0n) is 11.8. The van der Waals surface area contributed by atoms with Gasteiger partial charge in [0.1, 0.15) is 17.4 Å². The summed E-state index contributed by atoms with van der Waals surface area (Å²) in [7, 11) is 1.57. The Hall–Kier alpha value is -2.58. The Balaban J connectivity index is 2.16. The molecule has 22 heavy (non-hydrogen) atoms. The lowest BCUT2D eigenvalue weighted by Gasteiger charge is -2.05. The molecule has 0 fully saturated rings. The summed E-state index contributed by atoms with van der Waals surface area (Å²) in [5.41, 5.74) is 1.41. The molecule has 0 radical (unpaired) electrons. The maximum absolute atomic E-state index is 12.1. The van der Waals surface area contributed by atoms with Crippen LogP contribution in [-0.4, -0.2) is 13.0 Å². The number of anilines is 1. The number of carbonyl (C=O) groups is 1. The Morgan fingerprint density at radius 1 is 1.27 bits per heavy atom. The van der Waals surface area contributed by atoms with Crippen LogP contribution in [0.5, 0.6) is 5.75 Å². The summed E-state index contributed by atoms with van der Waals surface area (Å²) >= 11 is 3.35. The normalized spacial score (nSPS) is 10.7. The van der Waals surface area contributed by atoms with Gasteiger partial charge in [-0.15, -0.1) is 0 Å². The van der Waals surface area contributed by atoms with Crippen LogP contribution in [0.25, 0.3) is 6.08 Å². The highest BCUT2D eigenvalue weighted by molar-refractivity contribution is 9.10. The van der Waals surface area contributed by atoms with Gasteiger partial charge in [0.2, 0.25) is 0 Å². The van der Waals surface area contributed by atoms with Gasteiger partial charge in [0, 0.05) is 10.2 Å². The van der Waals surface area contributed by atoms with E-state index in [4.69, 9.17) is 4.74 Å². The van der Waals surface area contributed by atoms with Gasteiger partial charge < -0.3 is 10.1 Å². The minimum Gasteiger partial charge on any atom is -0.497 e. The van der Waals surface area contributed by atoms with Gasteiger partial charge in [-0.25, -0.2) is 0 Å². The van der Waals surface area contributed by atoms with Crippen molar-refractivity contribution < 1.29 is 9.53 Å². The molecule has 2 aromatic rings. The monoisotopic (exact) mass is 356 g/mol. The molecule has 0 spiro atoms. The first-order valence-corrected chi connectivity index (χ1v) is 7.24. The summed E-state index contributed by atoms with van der Waals surface area (Å²) in [6.07, 6.45) is 1.55. The number of methoxy groups -OCH3 is 1. The SMILES string of the molecule is COc1ccc(NC(=O)C(C#N)=Cc2cccc(Br)c2)cc1. The molecular formula is C17H13BrN2O2. The quantitative estimate of drug-likeness (QED) is 0.665. The third kappa shape index (κ3) is 4.21. The predicted octanol–water partition coefficient (Wildman–Crippen LogP) is 4.00. The first-order chi connectivity index (χ1) is 10.6. The van der Waals surface area contributed by atoms with E-state index >= 15 is 0 Å². The maximum Gasteiger partial charge on any atom is 0.266 e. The van der Waals surface area contributed by atoms with Gasteiger partial charge in [0.25, 0.3) is 5.91 Å². The van der Waals surface area contributed by atoms with E-state index in [2.05, 4.69) is 21.2 Å². The summed E-state index contributed by atoms with van der Waals surface area (Å²) in [5.74, 6) is 0.246. The zero-order valence-corrected chi connectivity index (χ0v) is 13.4. The highest BCUT2D eigenvalue weighted by Gasteiger charge is 2.09. The molecule has 4 nitrogen and oxygen atoms in total. The lowest BCUT2D eigenvalue weighted by atomic mass is 10.1. The topological polar surface area (TPSA) is 62.1 Å². The Labute approximate surface area is 137 Å². The first kappa shape index (κ1) is 15.8. The molecule has 2 aromatic carbocycles. The fourth-order valence-corrected chi connectivity index (χ4v) is 2.20. The standard InChI is InChI=1S/C17H13BrN2O2/c1-22-16-7-5-15(6-8-16)20-17(21)13(11-19)9-12-3-2-4-14(18)10-12/h2-10H,1H3,(H,20,21). The molecule has 0 saturated carbocycles. The summed E-state index contributed by atoms with van der Waals surface area (Å²) in [5, 5.41) is 11.9. The highest BCUT2D eigenvalue weighted by Crippen LogP contribution is 2.17. The van der Waals surface area contributed by atoms with E-state index in [1.54, 1.807) is 37.5 Å². The van der Waals surface area contributed by atoms with Crippen LogP contribution in [0.15, 0.2) is 58.6 Å². The fourth-order valence-electron chi connectivity index (χ4n) is 1.78. The van der Waals surface area contributed by atoms with Crippen LogP contribution >= 0.6 is 15.9 Å². The van der Waals surface area contributed by atoms with Crippen LogP contribution in [0.4, 0.5) is 5.69 Å². The van der Waals surface area contributed by atoms with Crippen molar-refractivity contribution in [2.45, 2.75) is 0 Å². The molecule has 1 N–H and O–H groups in total. The average molecular weight is 357 g/mol. The minimum absolute atomic E-state index is 0.0360. The van der Waals surface area contributed by atoms with E-state index in [-0.39, 0.29) is 5.57 Å². The molecule has 0 aliphatic rings. The molecule has 0 atom stereocenters. The van der Waals surface area contributed by atoms with Crippen LogP contribution < -0.4 is 10.1 Å². The van der Waals surface area contributed by atoms with Crippen molar-refractivity contribution in [3.63, 3.8) is 0 Å². The molecule has 2 rings (SSSR count). The van der Waals surface area contributed by atoms with Gasteiger partial charge in [0.05, 0.1) is 7.11 Å². The number of halogens is 1. The number of hydrogen-bond donors (Lipinski definition) is 1. The molecule has 0 heterocycles. The lowest BCUT2D eigenvalue weighted by Crippen LogP contribution is -2.13. The second-order valence-corrected chi connectivity index (χ2v) is 5.32. The number of nitrogens with zero attached hydrogens (tertiary/aromatic N) is 1. The van der Waals surface area contributed by atoms with Crippen LogP contribution in [-0.2, 0) is 4.79 Å².